The Labute approximate surface area is 148 Å². The summed E-state index contributed by atoms with van der Waals surface area (Å²) in [5.74, 6) is -0.837. The smallest absolute Gasteiger partial charge is 0.324 e. The minimum absolute atomic E-state index is 0.0196. The van der Waals surface area contributed by atoms with Gasteiger partial charge in [-0.25, -0.2) is 4.39 Å². The van der Waals surface area contributed by atoms with Crippen LogP contribution in [0.3, 0.4) is 0 Å². The van der Waals surface area contributed by atoms with Crippen molar-refractivity contribution in [1.82, 2.24) is 4.90 Å². The van der Waals surface area contributed by atoms with Gasteiger partial charge in [-0.1, -0.05) is 24.3 Å². The lowest BCUT2D eigenvalue weighted by Crippen LogP contribution is -2.33. The van der Waals surface area contributed by atoms with Crippen LogP contribution >= 0.6 is 0 Å². The molecule has 3 rings (SSSR count). The molecule has 2 aromatic rings. The van der Waals surface area contributed by atoms with Crippen molar-refractivity contribution in [2.45, 2.75) is 25.1 Å². The molecule has 1 heterocycles. The minimum Gasteiger partial charge on any atom is -0.324 e. The van der Waals surface area contributed by atoms with Crippen LogP contribution < -0.4 is 5.32 Å². The van der Waals surface area contributed by atoms with Crippen LogP contribution in [0.15, 0.2) is 48.5 Å². The fraction of sp³-hybridized carbons (Fsp3) is 0.316. The highest BCUT2D eigenvalue weighted by Crippen LogP contribution is 2.35. The predicted molar refractivity (Wildman–Crippen MR) is 90.0 cm³/mol. The van der Waals surface area contributed by atoms with Gasteiger partial charge in [-0.2, -0.15) is 13.2 Å². The average molecular weight is 366 g/mol. The number of rotatable bonds is 4. The van der Waals surface area contributed by atoms with Crippen LogP contribution in [0.25, 0.3) is 0 Å². The summed E-state index contributed by atoms with van der Waals surface area (Å²) in [5, 5.41) is 2.36. The third-order valence-electron chi connectivity index (χ3n) is 4.47. The molecule has 0 saturated carbocycles. The first-order chi connectivity index (χ1) is 12.3. The summed E-state index contributed by atoms with van der Waals surface area (Å²) >= 11 is 0. The van der Waals surface area contributed by atoms with Gasteiger partial charge in [0.1, 0.15) is 5.82 Å². The number of nitrogens with zero attached hydrogens (tertiary/aromatic N) is 1. The highest BCUT2D eigenvalue weighted by Gasteiger charge is 2.34. The van der Waals surface area contributed by atoms with Gasteiger partial charge in [0.2, 0.25) is 5.91 Å². The quantitative estimate of drug-likeness (QED) is 0.801. The lowest BCUT2D eigenvalue weighted by atomic mass is 10.0. The first kappa shape index (κ1) is 18.4. The second-order valence-corrected chi connectivity index (χ2v) is 6.27. The maximum Gasteiger partial charge on any atom is 0.418 e. The highest BCUT2D eigenvalue weighted by atomic mass is 19.4. The minimum atomic E-state index is -4.53. The summed E-state index contributed by atoms with van der Waals surface area (Å²) in [5.41, 5.74) is -0.222. The van der Waals surface area contributed by atoms with Crippen molar-refractivity contribution in [3.05, 3.63) is 65.5 Å². The summed E-state index contributed by atoms with van der Waals surface area (Å²) in [7, 11) is 0. The molecule has 26 heavy (non-hydrogen) atoms. The number of benzene rings is 2. The molecule has 2 aromatic carbocycles. The Morgan fingerprint density at radius 2 is 1.81 bits per heavy atom. The van der Waals surface area contributed by atoms with E-state index >= 15 is 0 Å². The molecule has 3 nitrogen and oxygen atoms in total. The lowest BCUT2D eigenvalue weighted by molar-refractivity contribution is -0.137. The number of amides is 1. The number of carbonyl (C=O) groups excluding carboxylic acids is 1. The fourth-order valence-electron chi connectivity index (χ4n) is 3.29. The number of nitrogens with one attached hydrogen (secondary N) is 1. The van der Waals surface area contributed by atoms with Crippen LogP contribution in [0.4, 0.5) is 23.2 Å². The van der Waals surface area contributed by atoms with Crippen molar-refractivity contribution in [3.8, 4) is 0 Å². The standard InChI is InChI=1S/C19H18F4N2O/c20-14-9-7-13(8-10-14)17-6-3-11-25(17)12-18(26)24-16-5-2-1-4-15(16)19(21,22)23/h1-2,4-5,7-10,17H,3,6,11-12H2,(H,24,26). The van der Waals surface area contributed by atoms with Gasteiger partial charge in [0.05, 0.1) is 17.8 Å². The van der Waals surface area contributed by atoms with E-state index in [9.17, 15) is 22.4 Å². The van der Waals surface area contributed by atoms with E-state index in [1.54, 1.807) is 12.1 Å². The Bertz CT molecular complexity index is 774. The van der Waals surface area contributed by atoms with E-state index < -0.39 is 17.6 Å². The Hall–Kier alpha value is -2.41. The molecule has 1 saturated heterocycles. The number of hydrogen-bond donors (Lipinski definition) is 1. The second kappa shape index (κ2) is 7.45. The zero-order valence-electron chi connectivity index (χ0n) is 13.9. The molecular weight excluding hydrogens is 348 g/mol. The summed E-state index contributed by atoms with van der Waals surface area (Å²) in [6.07, 6.45) is -2.85. The zero-order valence-corrected chi connectivity index (χ0v) is 13.9. The first-order valence-electron chi connectivity index (χ1n) is 8.30. The average Bonchev–Trinajstić information content (AvgIpc) is 3.03. The Morgan fingerprint density at radius 3 is 2.50 bits per heavy atom. The topological polar surface area (TPSA) is 32.3 Å². The van der Waals surface area contributed by atoms with Gasteiger partial charge in [0.15, 0.2) is 0 Å². The largest absolute Gasteiger partial charge is 0.418 e. The maximum atomic E-state index is 13.1. The molecule has 1 aliphatic rings. The maximum absolute atomic E-state index is 13.1. The van der Waals surface area contributed by atoms with Gasteiger partial charge in [-0.3, -0.25) is 9.69 Å². The SMILES string of the molecule is O=C(CN1CCCC1c1ccc(F)cc1)Nc1ccccc1C(F)(F)F. The molecule has 1 N–H and O–H groups in total. The molecule has 7 heteroatoms. The van der Waals surface area contributed by atoms with Crippen LogP contribution in [-0.4, -0.2) is 23.9 Å². The van der Waals surface area contributed by atoms with Crippen LogP contribution in [0.1, 0.15) is 30.0 Å². The third-order valence-corrected chi connectivity index (χ3v) is 4.47. The molecule has 0 spiro atoms. The molecule has 1 atom stereocenters. The summed E-state index contributed by atoms with van der Waals surface area (Å²) in [6.45, 7) is 0.643. The number of carbonyl (C=O) groups is 1. The lowest BCUT2D eigenvalue weighted by Gasteiger charge is -2.24. The number of para-hydroxylation sites is 1. The Balaban J connectivity index is 1.69. The van der Waals surface area contributed by atoms with Gasteiger partial charge in [-0.15, -0.1) is 0 Å². The summed E-state index contributed by atoms with van der Waals surface area (Å²) in [6, 6.07) is 10.9. The van der Waals surface area contributed by atoms with Gasteiger partial charge in [0, 0.05) is 6.04 Å². The van der Waals surface area contributed by atoms with E-state index in [4.69, 9.17) is 0 Å². The zero-order chi connectivity index (χ0) is 18.7. The molecule has 0 bridgehead atoms. The molecule has 138 valence electrons. The molecule has 0 aromatic heterocycles. The van der Waals surface area contributed by atoms with Crippen LogP contribution in [0.2, 0.25) is 0 Å². The second-order valence-electron chi connectivity index (χ2n) is 6.27. The fourth-order valence-corrected chi connectivity index (χ4v) is 3.29. The van der Waals surface area contributed by atoms with Gasteiger partial charge in [-0.05, 0) is 49.2 Å². The molecular formula is C19H18F4N2O. The molecule has 1 amide bonds. The number of anilines is 1. The van der Waals surface area contributed by atoms with Gasteiger partial charge >= 0.3 is 6.18 Å². The number of likely N-dealkylation sites (tertiary alicyclic amines) is 1. The number of alkyl halides is 3. The van der Waals surface area contributed by atoms with E-state index in [0.29, 0.717) is 6.54 Å². The molecule has 1 fully saturated rings. The van der Waals surface area contributed by atoms with E-state index in [1.807, 2.05) is 4.90 Å². The van der Waals surface area contributed by atoms with Crippen molar-refractivity contribution < 1.29 is 22.4 Å². The molecule has 1 aliphatic heterocycles. The van der Waals surface area contributed by atoms with Crippen molar-refractivity contribution >= 4 is 11.6 Å². The highest BCUT2D eigenvalue weighted by molar-refractivity contribution is 5.93. The monoisotopic (exact) mass is 366 g/mol. The van der Waals surface area contributed by atoms with Crippen molar-refractivity contribution in [2.75, 3.05) is 18.4 Å². The van der Waals surface area contributed by atoms with Crippen LogP contribution in [0, 0.1) is 5.82 Å². The van der Waals surface area contributed by atoms with Crippen molar-refractivity contribution in [2.24, 2.45) is 0 Å². The Kier molecular flexibility index (Phi) is 5.27. The first-order valence-corrected chi connectivity index (χ1v) is 8.30. The van der Waals surface area contributed by atoms with E-state index in [0.717, 1.165) is 24.5 Å². The summed E-state index contributed by atoms with van der Waals surface area (Å²) < 4.78 is 52.2. The summed E-state index contributed by atoms with van der Waals surface area (Å²) in [4.78, 5) is 14.2. The third kappa shape index (κ3) is 4.22. The van der Waals surface area contributed by atoms with Crippen molar-refractivity contribution in [1.29, 1.82) is 0 Å². The van der Waals surface area contributed by atoms with E-state index in [1.165, 1.54) is 30.3 Å². The Morgan fingerprint density at radius 1 is 1.12 bits per heavy atom. The number of halogens is 4. The molecule has 0 aliphatic carbocycles. The van der Waals surface area contributed by atoms with Gasteiger partial charge in [0.25, 0.3) is 0 Å². The number of hydrogen-bond acceptors (Lipinski definition) is 2. The predicted octanol–water partition coefficient (Wildman–Crippen LogP) is 4.62. The van der Waals surface area contributed by atoms with Crippen LogP contribution in [-0.2, 0) is 11.0 Å². The van der Waals surface area contributed by atoms with E-state index in [2.05, 4.69) is 5.32 Å². The van der Waals surface area contributed by atoms with Crippen molar-refractivity contribution in [3.63, 3.8) is 0 Å². The van der Waals surface area contributed by atoms with E-state index in [-0.39, 0.29) is 24.1 Å². The van der Waals surface area contributed by atoms with Gasteiger partial charge < -0.3 is 5.32 Å². The molecule has 1 unspecified atom stereocenters. The molecule has 0 radical (unpaired) electrons. The van der Waals surface area contributed by atoms with Crippen LogP contribution in [0.5, 0.6) is 0 Å². The normalized spacial score (nSPS) is 18.1.